The van der Waals surface area contributed by atoms with Crippen molar-refractivity contribution >= 4 is 11.9 Å². The van der Waals surface area contributed by atoms with Gasteiger partial charge in [0.25, 0.3) is 0 Å². The van der Waals surface area contributed by atoms with Gasteiger partial charge < -0.3 is 15.8 Å². The molecule has 0 aliphatic heterocycles. The Kier molecular flexibility index (Phi) is 4.08. The van der Waals surface area contributed by atoms with Crippen LogP contribution < -0.4 is 11.1 Å². The third kappa shape index (κ3) is 3.87. The summed E-state index contributed by atoms with van der Waals surface area (Å²) in [5.74, 6) is -0.327. The molecule has 0 bridgehead atoms. The van der Waals surface area contributed by atoms with Gasteiger partial charge in [-0.2, -0.15) is 0 Å². The maximum Gasteiger partial charge on any atom is 0.305 e. The molecule has 0 unspecified atom stereocenters. The molecule has 15 heavy (non-hydrogen) atoms. The molecule has 1 aliphatic rings. The fourth-order valence-electron chi connectivity index (χ4n) is 1.21. The Hall–Kier alpha value is -1.10. The van der Waals surface area contributed by atoms with Gasteiger partial charge in [-0.25, -0.2) is 0 Å². The number of hydrogen-bond donors (Lipinski definition) is 2. The van der Waals surface area contributed by atoms with Gasteiger partial charge in [0.15, 0.2) is 0 Å². The summed E-state index contributed by atoms with van der Waals surface area (Å²) in [5.41, 5.74) is 5.06. The van der Waals surface area contributed by atoms with Gasteiger partial charge in [-0.3, -0.25) is 9.59 Å². The summed E-state index contributed by atoms with van der Waals surface area (Å²) < 4.78 is 4.75. The highest BCUT2D eigenvalue weighted by Crippen LogP contribution is 2.31. The van der Waals surface area contributed by atoms with Crippen molar-refractivity contribution < 1.29 is 14.3 Å². The second-order valence-corrected chi connectivity index (χ2v) is 3.82. The van der Waals surface area contributed by atoms with E-state index < -0.39 is 5.54 Å². The van der Waals surface area contributed by atoms with Crippen molar-refractivity contribution in [2.75, 3.05) is 13.2 Å². The molecule has 0 spiro atoms. The summed E-state index contributed by atoms with van der Waals surface area (Å²) in [6, 6.07) is 0. The summed E-state index contributed by atoms with van der Waals surface area (Å²) >= 11 is 0. The Morgan fingerprint density at radius 1 is 1.47 bits per heavy atom. The van der Waals surface area contributed by atoms with Crippen LogP contribution in [-0.4, -0.2) is 30.6 Å². The Balaban J connectivity index is 2.02. The number of rotatable bonds is 6. The Bertz CT molecular complexity index is 249. The number of nitrogens with two attached hydrogens (primary N) is 1. The van der Waals surface area contributed by atoms with Crippen molar-refractivity contribution in [2.24, 2.45) is 5.73 Å². The number of carbonyl (C=O) groups is 2. The van der Waals surface area contributed by atoms with Crippen LogP contribution in [0.25, 0.3) is 0 Å². The maximum atomic E-state index is 11.3. The Morgan fingerprint density at radius 2 is 2.13 bits per heavy atom. The predicted molar refractivity (Wildman–Crippen MR) is 55.0 cm³/mol. The molecular weight excluding hydrogens is 196 g/mol. The van der Waals surface area contributed by atoms with E-state index in [-0.39, 0.29) is 11.9 Å². The second kappa shape index (κ2) is 5.11. The molecule has 1 amide bonds. The third-order valence-corrected chi connectivity index (χ3v) is 2.39. The zero-order valence-corrected chi connectivity index (χ0v) is 9.04. The van der Waals surface area contributed by atoms with Crippen LogP contribution in [0.4, 0.5) is 0 Å². The number of ether oxygens (including phenoxy) is 1. The third-order valence-electron chi connectivity index (χ3n) is 2.39. The van der Waals surface area contributed by atoms with Crippen molar-refractivity contribution in [1.29, 1.82) is 0 Å². The van der Waals surface area contributed by atoms with Crippen LogP contribution in [0, 0.1) is 0 Å². The lowest BCUT2D eigenvalue weighted by atomic mass is 10.2. The molecule has 86 valence electrons. The van der Waals surface area contributed by atoms with Gasteiger partial charge >= 0.3 is 5.97 Å². The highest BCUT2D eigenvalue weighted by molar-refractivity contribution is 5.88. The second-order valence-electron chi connectivity index (χ2n) is 3.82. The lowest BCUT2D eigenvalue weighted by Gasteiger charge is -2.09. The summed E-state index contributed by atoms with van der Waals surface area (Å²) in [5, 5.41) is 2.71. The molecule has 1 rings (SSSR count). The minimum atomic E-state index is -0.621. The molecule has 0 saturated heterocycles. The molecule has 3 N–H and O–H groups in total. The molecule has 0 atom stereocenters. The summed E-state index contributed by atoms with van der Waals surface area (Å²) in [6.07, 6.45) is 2.46. The van der Waals surface area contributed by atoms with Crippen LogP contribution in [0.1, 0.15) is 32.6 Å². The molecule has 5 heteroatoms. The van der Waals surface area contributed by atoms with Gasteiger partial charge in [0.05, 0.1) is 12.1 Å². The van der Waals surface area contributed by atoms with E-state index in [1.54, 1.807) is 6.92 Å². The largest absolute Gasteiger partial charge is 0.466 e. The Labute approximate surface area is 89.3 Å². The molecule has 0 aromatic carbocycles. The number of esters is 1. The first-order valence-corrected chi connectivity index (χ1v) is 5.31. The monoisotopic (exact) mass is 214 g/mol. The first-order valence-electron chi connectivity index (χ1n) is 5.31. The SMILES string of the molecule is CCOC(=O)CCCNC(=O)C1(N)CC1. The smallest absolute Gasteiger partial charge is 0.305 e. The van der Waals surface area contributed by atoms with Crippen molar-refractivity contribution in [3.63, 3.8) is 0 Å². The zero-order chi connectivity index (χ0) is 11.3. The van der Waals surface area contributed by atoms with Crippen LogP contribution in [0.15, 0.2) is 0 Å². The van der Waals surface area contributed by atoms with Crippen LogP contribution in [0.5, 0.6) is 0 Å². The number of carbonyl (C=O) groups excluding carboxylic acids is 2. The van der Waals surface area contributed by atoms with E-state index >= 15 is 0 Å². The van der Waals surface area contributed by atoms with Gasteiger partial charge in [-0.1, -0.05) is 0 Å². The molecule has 5 nitrogen and oxygen atoms in total. The molecular formula is C10H18N2O3. The fourth-order valence-corrected chi connectivity index (χ4v) is 1.21. The van der Waals surface area contributed by atoms with E-state index in [2.05, 4.69) is 5.32 Å². The van der Waals surface area contributed by atoms with E-state index in [1.165, 1.54) is 0 Å². The van der Waals surface area contributed by atoms with E-state index in [9.17, 15) is 9.59 Å². The van der Waals surface area contributed by atoms with E-state index in [0.717, 1.165) is 12.8 Å². The van der Waals surface area contributed by atoms with Gasteiger partial charge in [0.2, 0.25) is 5.91 Å². The van der Waals surface area contributed by atoms with Crippen molar-refractivity contribution in [2.45, 2.75) is 38.1 Å². The topological polar surface area (TPSA) is 81.4 Å². The average molecular weight is 214 g/mol. The van der Waals surface area contributed by atoms with Crippen molar-refractivity contribution in [3.8, 4) is 0 Å². The quantitative estimate of drug-likeness (QED) is 0.479. The lowest BCUT2D eigenvalue weighted by Crippen LogP contribution is -2.43. The normalized spacial score (nSPS) is 16.9. The van der Waals surface area contributed by atoms with E-state index in [4.69, 9.17) is 10.5 Å². The molecule has 1 aliphatic carbocycles. The molecule has 1 saturated carbocycles. The van der Waals surface area contributed by atoms with Crippen molar-refractivity contribution in [1.82, 2.24) is 5.32 Å². The van der Waals surface area contributed by atoms with Gasteiger partial charge in [-0.15, -0.1) is 0 Å². The number of hydrogen-bond acceptors (Lipinski definition) is 4. The standard InChI is InChI=1S/C10H18N2O3/c1-2-15-8(13)4-3-7-12-9(14)10(11)5-6-10/h2-7,11H2,1H3,(H,12,14). The summed E-state index contributed by atoms with van der Waals surface area (Å²) in [4.78, 5) is 22.3. The van der Waals surface area contributed by atoms with Crippen LogP contribution in [0.3, 0.4) is 0 Å². The van der Waals surface area contributed by atoms with Gasteiger partial charge in [-0.05, 0) is 26.2 Å². The Morgan fingerprint density at radius 3 is 2.67 bits per heavy atom. The fraction of sp³-hybridized carbons (Fsp3) is 0.800. The van der Waals surface area contributed by atoms with Crippen LogP contribution in [-0.2, 0) is 14.3 Å². The van der Waals surface area contributed by atoms with Crippen LogP contribution in [0.2, 0.25) is 0 Å². The summed E-state index contributed by atoms with van der Waals surface area (Å²) in [7, 11) is 0. The number of nitrogens with one attached hydrogen (secondary N) is 1. The van der Waals surface area contributed by atoms with E-state index in [1.807, 2.05) is 0 Å². The maximum absolute atomic E-state index is 11.3. The molecule has 0 aromatic heterocycles. The highest BCUT2D eigenvalue weighted by Gasteiger charge is 2.45. The minimum absolute atomic E-state index is 0.105. The molecule has 0 aromatic rings. The molecule has 0 radical (unpaired) electrons. The zero-order valence-electron chi connectivity index (χ0n) is 9.04. The summed E-state index contributed by atoms with van der Waals surface area (Å²) in [6.45, 7) is 2.65. The predicted octanol–water partition coefficient (Wildman–Crippen LogP) is -0.0628. The lowest BCUT2D eigenvalue weighted by molar-refractivity contribution is -0.143. The minimum Gasteiger partial charge on any atom is -0.466 e. The van der Waals surface area contributed by atoms with Crippen LogP contribution >= 0.6 is 0 Å². The van der Waals surface area contributed by atoms with Gasteiger partial charge in [0.1, 0.15) is 0 Å². The van der Waals surface area contributed by atoms with Crippen molar-refractivity contribution in [3.05, 3.63) is 0 Å². The van der Waals surface area contributed by atoms with Gasteiger partial charge in [0, 0.05) is 13.0 Å². The number of amides is 1. The molecule has 1 fully saturated rings. The first-order chi connectivity index (χ1) is 7.08. The highest BCUT2D eigenvalue weighted by atomic mass is 16.5. The molecule has 0 heterocycles. The first kappa shape index (κ1) is 12.0. The van der Waals surface area contributed by atoms with E-state index in [0.29, 0.717) is 26.0 Å². The average Bonchev–Trinajstić information content (AvgIpc) is 2.93.